The van der Waals surface area contributed by atoms with Gasteiger partial charge in [-0.1, -0.05) is 35.3 Å². The minimum Gasteiger partial charge on any atom is -0.476 e. The van der Waals surface area contributed by atoms with Gasteiger partial charge in [0.25, 0.3) is 0 Å². The molecule has 0 aliphatic heterocycles. The normalized spacial score (nSPS) is 10.4. The predicted octanol–water partition coefficient (Wildman–Crippen LogP) is 3.08. The highest BCUT2D eigenvalue weighted by Crippen LogP contribution is 2.27. The van der Waals surface area contributed by atoms with Crippen molar-refractivity contribution in [3.05, 3.63) is 40.1 Å². The van der Waals surface area contributed by atoms with Gasteiger partial charge in [0.1, 0.15) is 11.0 Å². The van der Waals surface area contributed by atoms with Gasteiger partial charge in [0.2, 0.25) is 0 Å². The summed E-state index contributed by atoms with van der Waals surface area (Å²) in [6.07, 6.45) is 0. The van der Waals surface area contributed by atoms with E-state index in [4.69, 9.17) is 28.3 Å². The third-order valence-electron chi connectivity index (χ3n) is 1.99. The molecule has 0 atom stereocenters. The van der Waals surface area contributed by atoms with E-state index in [2.05, 4.69) is 9.97 Å². The molecule has 0 fully saturated rings. The van der Waals surface area contributed by atoms with Gasteiger partial charge in [0.15, 0.2) is 5.69 Å². The number of benzene rings is 1. The summed E-state index contributed by atoms with van der Waals surface area (Å²) in [5.74, 6) is -0.840. The standard InChI is InChI=1S/C10H6Cl2N2O2/c11-6-4-2-1-3-5(6)9-13-7(10(15)16)8(12)14-9/h1-4H,(H,13,14)(H,15,16). The molecule has 1 aromatic heterocycles. The molecule has 2 rings (SSSR count). The number of carboxylic acids is 1. The Labute approximate surface area is 101 Å². The summed E-state index contributed by atoms with van der Waals surface area (Å²) < 4.78 is 0. The number of aromatic carboxylic acids is 1. The molecule has 82 valence electrons. The Hall–Kier alpha value is -1.52. The summed E-state index contributed by atoms with van der Waals surface area (Å²) in [6.45, 7) is 0. The van der Waals surface area contributed by atoms with Crippen LogP contribution in [0.2, 0.25) is 10.2 Å². The third-order valence-corrected chi connectivity index (χ3v) is 2.59. The van der Waals surface area contributed by atoms with Gasteiger partial charge in [-0.05, 0) is 12.1 Å². The molecule has 0 unspecified atom stereocenters. The molecule has 2 aromatic rings. The molecule has 1 heterocycles. The molecule has 16 heavy (non-hydrogen) atoms. The van der Waals surface area contributed by atoms with Crippen LogP contribution in [-0.4, -0.2) is 21.0 Å². The van der Waals surface area contributed by atoms with Crippen molar-refractivity contribution in [2.45, 2.75) is 0 Å². The third kappa shape index (κ3) is 1.89. The molecule has 2 N–H and O–H groups in total. The second kappa shape index (κ2) is 4.15. The van der Waals surface area contributed by atoms with E-state index in [1.165, 1.54) is 0 Å². The molecule has 4 nitrogen and oxygen atoms in total. The second-order valence-corrected chi connectivity index (χ2v) is 3.82. The van der Waals surface area contributed by atoms with E-state index in [0.717, 1.165) is 0 Å². The molecule has 6 heteroatoms. The fraction of sp³-hybridized carbons (Fsp3) is 0. The van der Waals surface area contributed by atoms with Crippen molar-refractivity contribution in [3.63, 3.8) is 0 Å². The number of rotatable bonds is 2. The Kier molecular flexibility index (Phi) is 2.85. The largest absolute Gasteiger partial charge is 0.476 e. The highest BCUT2D eigenvalue weighted by Gasteiger charge is 2.16. The number of nitrogens with one attached hydrogen (secondary N) is 1. The number of carbonyl (C=O) groups is 1. The zero-order chi connectivity index (χ0) is 11.7. The smallest absolute Gasteiger partial charge is 0.357 e. The zero-order valence-electron chi connectivity index (χ0n) is 7.87. The second-order valence-electron chi connectivity index (χ2n) is 3.03. The molecule has 0 aliphatic carbocycles. The van der Waals surface area contributed by atoms with Crippen LogP contribution in [0.25, 0.3) is 11.4 Å². The van der Waals surface area contributed by atoms with E-state index in [9.17, 15) is 4.79 Å². The van der Waals surface area contributed by atoms with Gasteiger partial charge in [-0.3, -0.25) is 0 Å². The van der Waals surface area contributed by atoms with Crippen molar-refractivity contribution in [3.8, 4) is 11.4 Å². The minimum absolute atomic E-state index is 0.0116. The Morgan fingerprint density at radius 1 is 1.31 bits per heavy atom. The van der Waals surface area contributed by atoms with Crippen molar-refractivity contribution in [2.75, 3.05) is 0 Å². The van der Waals surface area contributed by atoms with Crippen LogP contribution in [0.5, 0.6) is 0 Å². The number of aromatic nitrogens is 2. The van der Waals surface area contributed by atoms with Crippen LogP contribution < -0.4 is 0 Å². The Morgan fingerprint density at radius 2 is 2.00 bits per heavy atom. The summed E-state index contributed by atoms with van der Waals surface area (Å²) in [7, 11) is 0. The van der Waals surface area contributed by atoms with Crippen molar-refractivity contribution < 1.29 is 9.90 Å². The molecule has 0 amide bonds. The fourth-order valence-corrected chi connectivity index (χ4v) is 1.71. The first-order chi connectivity index (χ1) is 7.59. The van der Waals surface area contributed by atoms with Gasteiger partial charge in [0, 0.05) is 5.56 Å². The van der Waals surface area contributed by atoms with E-state index >= 15 is 0 Å². The van der Waals surface area contributed by atoms with Crippen molar-refractivity contribution >= 4 is 29.2 Å². The van der Waals surface area contributed by atoms with Gasteiger partial charge in [-0.25, -0.2) is 9.78 Å². The van der Waals surface area contributed by atoms with Crippen molar-refractivity contribution in [1.82, 2.24) is 9.97 Å². The van der Waals surface area contributed by atoms with Crippen LogP contribution >= 0.6 is 23.2 Å². The topological polar surface area (TPSA) is 66.0 Å². The van der Waals surface area contributed by atoms with Crippen LogP contribution in [-0.2, 0) is 0 Å². The first-order valence-corrected chi connectivity index (χ1v) is 5.09. The van der Waals surface area contributed by atoms with Gasteiger partial charge in [-0.2, -0.15) is 0 Å². The van der Waals surface area contributed by atoms with Gasteiger partial charge < -0.3 is 10.1 Å². The molecule has 0 saturated carbocycles. The number of imidazole rings is 1. The first-order valence-electron chi connectivity index (χ1n) is 4.33. The summed E-state index contributed by atoms with van der Waals surface area (Å²) in [4.78, 5) is 17.3. The van der Waals surface area contributed by atoms with Crippen molar-refractivity contribution in [2.24, 2.45) is 0 Å². The van der Waals surface area contributed by atoms with Crippen LogP contribution in [0.3, 0.4) is 0 Å². The lowest BCUT2D eigenvalue weighted by Crippen LogP contribution is -1.96. The lowest BCUT2D eigenvalue weighted by Gasteiger charge is -1.98. The van der Waals surface area contributed by atoms with Gasteiger partial charge >= 0.3 is 5.97 Å². The van der Waals surface area contributed by atoms with Gasteiger partial charge in [0.05, 0.1) is 5.02 Å². The molecule has 0 radical (unpaired) electrons. The molecule has 0 saturated heterocycles. The average molecular weight is 257 g/mol. The average Bonchev–Trinajstić information content (AvgIpc) is 2.61. The van der Waals surface area contributed by atoms with E-state index in [1.807, 2.05) is 0 Å². The molecule has 0 aliphatic rings. The predicted molar refractivity (Wildman–Crippen MR) is 61.0 cm³/mol. The monoisotopic (exact) mass is 256 g/mol. The fourth-order valence-electron chi connectivity index (χ4n) is 1.27. The van der Waals surface area contributed by atoms with E-state index in [0.29, 0.717) is 16.4 Å². The Balaban J connectivity index is 2.54. The van der Waals surface area contributed by atoms with E-state index in [1.54, 1.807) is 24.3 Å². The summed E-state index contributed by atoms with van der Waals surface area (Å²) >= 11 is 11.6. The van der Waals surface area contributed by atoms with Crippen molar-refractivity contribution in [1.29, 1.82) is 0 Å². The number of hydrogen-bond acceptors (Lipinski definition) is 2. The summed E-state index contributed by atoms with van der Waals surface area (Å²) in [6, 6.07) is 6.96. The molecular weight excluding hydrogens is 251 g/mol. The SMILES string of the molecule is O=C(O)c1nc(-c2ccccc2Cl)[nH]c1Cl. The van der Waals surface area contributed by atoms with Crippen LogP contribution in [0.4, 0.5) is 0 Å². The van der Waals surface area contributed by atoms with Gasteiger partial charge in [-0.15, -0.1) is 0 Å². The summed E-state index contributed by atoms with van der Waals surface area (Å²) in [5.41, 5.74) is 0.398. The number of aromatic amines is 1. The van der Waals surface area contributed by atoms with E-state index in [-0.39, 0.29) is 10.8 Å². The minimum atomic E-state index is -1.18. The van der Waals surface area contributed by atoms with Crippen LogP contribution in [0.15, 0.2) is 24.3 Å². The lowest BCUT2D eigenvalue weighted by atomic mass is 10.2. The molecule has 0 spiro atoms. The van der Waals surface area contributed by atoms with Crippen LogP contribution in [0.1, 0.15) is 10.5 Å². The maximum atomic E-state index is 10.8. The number of halogens is 2. The molecule has 0 bridgehead atoms. The quantitative estimate of drug-likeness (QED) is 0.868. The summed E-state index contributed by atoms with van der Waals surface area (Å²) in [5, 5.41) is 9.26. The molecule has 1 aromatic carbocycles. The maximum absolute atomic E-state index is 10.8. The zero-order valence-corrected chi connectivity index (χ0v) is 9.38. The Bertz CT molecular complexity index is 552. The number of H-pyrrole nitrogens is 1. The number of carboxylic acid groups (broad SMARTS) is 1. The molecular formula is C10H6Cl2N2O2. The van der Waals surface area contributed by atoms with Crippen LogP contribution in [0, 0.1) is 0 Å². The number of nitrogens with zero attached hydrogens (tertiary/aromatic N) is 1. The number of hydrogen-bond donors (Lipinski definition) is 2. The Morgan fingerprint density at radius 3 is 2.56 bits per heavy atom. The van der Waals surface area contributed by atoms with E-state index < -0.39 is 5.97 Å². The highest BCUT2D eigenvalue weighted by atomic mass is 35.5. The maximum Gasteiger partial charge on any atom is 0.357 e. The lowest BCUT2D eigenvalue weighted by molar-refractivity contribution is 0.0691. The first kappa shape index (κ1) is 11.0. The highest BCUT2D eigenvalue weighted by molar-refractivity contribution is 6.34.